The number of imide groups is 2. The lowest BCUT2D eigenvalue weighted by molar-refractivity contribution is -0.137. The third-order valence-corrected chi connectivity index (χ3v) is 4.45. The first-order chi connectivity index (χ1) is 13.6. The van der Waals surface area contributed by atoms with Crippen molar-refractivity contribution < 1.29 is 27.6 Å². The molecule has 5 nitrogen and oxygen atoms in total. The van der Waals surface area contributed by atoms with Gasteiger partial charge in [-0.2, -0.15) is 13.2 Å². The van der Waals surface area contributed by atoms with E-state index in [-0.39, 0.29) is 11.3 Å². The quantitative estimate of drug-likeness (QED) is 0.608. The van der Waals surface area contributed by atoms with Crippen LogP contribution in [0.2, 0.25) is 0 Å². The van der Waals surface area contributed by atoms with Gasteiger partial charge in [-0.15, -0.1) is 0 Å². The number of urea groups is 1. The molecule has 2 aromatic carbocycles. The van der Waals surface area contributed by atoms with Crippen molar-refractivity contribution in [2.45, 2.75) is 25.9 Å². The van der Waals surface area contributed by atoms with E-state index in [9.17, 15) is 27.6 Å². The monoisotopic (exact) mass is 402 g/mol. The van der Waals surface area contributed by atoms with Gasteiger partial charge < -0.3 is 0 Å². The van der Waals surface area contributed by atoms with Crippen LogP contribution >= 0.6 is 0 Å². The zero-order valence-corrected chi connectivity index (χ0v) is 15.6. The Hall–Kier alpha value is -3.42. The summed E-state index contributed by atoms with van der Waals surface area (Å²) < 4.78 is 38.9. The van der Waals surface area contributed by atoms with Gasteiger partial charge in [-0.1, -0.05) is 44.2 Å². The molecule has 0 aromatic heterocycles. The molecule has 1 N–H and O–H groups in total. The molecular weight excluding hydrogens is 385 g/mol. The summed E-state index contributed by atoms with van der Waals surface area (Å²) in [7, 11) is 0. The number of rotatable bonds is 3. The number of barbiturate groups is 1. The Morgan fingerprint density at radius 2 is 1.66 bits per heavy atom. The predicted molar refractivity (Wildman–Crippen MR) is 101 cm³/mol. The van der Waals surface area contributed by atoms with Gasteiger partial charge in [0.05, 0.1) is 11.3 Å². The molecule has 4 amide bonds. The summed E-state index contributed by atoms with van der Waals surface area (Å²) in [5, 5.41) is 1.99. The van der Waals surface area contributed by atoms with Gasteiger partial charge in [-0.05, 0) is 41.3 Å². The second kappa shape index (κ2) is 7.54. The SMILES string of the molecule is CC(C)c1ccc(/C=C2\C(=O)NC(=O)N(c3cccc(C(F)(F)F)c3)C2=O)cc1. The van der Waals surface area contributed by atoms with E-state index in [2.05, 4.69) is 0 Å². The molecule has 0 bridgehead atoms. The average Bonchev–Trinajstić information content (AvgIpc) is 2.65. The summed E-state index contributed by atoms with van der Waals surface area (Å²) in [6, 6.07) is 9.81. The van der Waals surface area contributed by atoms with Crippen LogP contribution in [0.3, 0.4) is 0 Å². The molecule has 2 aromatic rings. The molecule has 150 valence electrons. The number of amides is 4. The highest BCUT2D eigenvalue weighted by molar-refractivity contribution is 6.39. The molecule has 3 rings (SSSR count). The molecular formula is C21H17F3N2O3. The summed E-state index contributed by atoms with van der Waals surface area (Å²) in [6.07, 6.45) is -3.34. The van der Waals surface area contributed by atoms with Crippen molar-refractivity contribution >= 4 is 29.6 Å². The summed E-state index contributed by atoms with van der Waals surface area (Å²) in [6.45, 7) is 4.04. The van der Waals surface area contributed by atoms with Crippen LogP contribution in [-0.2, 0) is 15.8 Å². The van der Waals surface area contributed by atoms with Crippen LogP contribution in [0.5, 0.6) is 0 Å². The van der Waals surface area contributed by atoms with E-state index < -0.39 is 29.6 Å². The normalized spacial score (nSPS) is 16.6. The number of anilines is 1. The van der Waals surface area contributed by atoms with Crippen LogP contribution in [-0.4, -0.2) is 17.8 Å². The van der Waals surface area contributed by atoms with E-state index in [1.165, 1.54) is 12.1 Å². The Balaban J connectivity index is 1.98. The molecule has 1 saturated heterocycles. The van der Waals surface area contributed by atoms with E-state index in [4.69, 9.17) is 0 Å². The zero-order chi connectivity index (χ0) is 21.3. The van der Waals surface area contributed by atoms with Gasteiger partial charge >= 0.3 is 12.2 Å². The van der Waals surface area contributed by atoms with Gasteiger partial charge in [0.15, 0.2) is 0 Å². The maximum atomic E-state index is 13.0. The van der Waals surface area contributed by atoms with Crippen LogP contribution < -0.4 is 10.2 Å². The Bertz CT molecular complexity index is 1010. The van der Waals surface area contributed by atoms with Gasteiger partial charge in [0.25, 0.3) is 11.8 Å². The fraction of sp³-hybridized carbons (Fsp3) is 0.190. The molecule has 1 heterocycles. The van der Waals surface area contributed by atoms with Gasteiger partial charge in [0, 0.05) is 0 Å². The number of nitrogens with one attached hydrogen (secondary N) is 1. The van der Waals surface area contributed by atoms with Crippen molar-refractivity contribution in [3.8, 4) is 0 Å². The lowest BCUT2D eigenvalue weighted by atomic mass is 10.0. The fourth-order valence-electron chi connectivity index (χ4n) is 2.86. The van der Waals surface area contributed by atoms with Crippen LogP contribution in [0.4, 0.5) is 23.7 Å². The minimum atomic E-state index is -4.64. The molecule has 29 heavy (non-hydrogen) atoms. The third-order valence-electron chi connectivity index (χ3n) is 4.45. The summed E-state index contributed by atoms with van der Waals surface area (Å²) in [4.78, 5) is 37.6. The first-order valence-corrected chi connectivity index (χ1v) is 8.76. The maximum Gasteiger partial charge on any atom is 0.416 e. The number of halogens is 3. The second-order valence-electron chi connectivity index (χ2n) is 6.83. The summed E-state index contributed by atoms with van der Waals surface area (Å²) >= 11 is 0. The van der Waals surface area contributed by atoms with E-state index >= 15 is 0 Å². The third kappa shape index (κ3) is 4.21. The highest BCUT2D eigenvalue weighted by atomic mass is 19.4. The van der Waals surface area contributed by atoms with Crippen molar-refractivity contribution in [1.29, 1.82) is 0 Å². The highest BCUT2D eigenvalue weighted by Crippen LogP contribution is 2.32. The average molecular weight is 402 g/mol. The highest BCUT2D eigenvalue weighted by Gasteiger charge is 2.38. The fourth-order valence-corrected chi connectivity index (χ4v) is 2.86. The predicted octanol–water partition coefficient (Wildman–Crippen LogP) is 4.50. The first kappa shape index (κ1) is 20.3. The van der Waals surface area contributed by atoms with E-state index in [0.29, 0.717) is 22.4 Å². The zero-order valence-electron chi connectivity index (χ0n) is 15.6. The molecule has 1 fully saturated rings. The minimum absolute atomic E-state index is 0.282. The number of benzene rings is 2. The number of hydrogen-bond acceptors (Lipinski definition) is 3. The lowest BCUT2D eigenvalue weighted by Gasteiger charge is -2.26. The molecule has 8 heteroatoms. The van der Waals surface area contributed by atoms with Crippen LogP contribution in [0.15, 0.2) is 54.1 Å². The van der Waals surface area contributed by atoms with Gasteiger partial charge in [0.2, 0.25) is 0 Å². The van der Waals surface area contributed by atoms with Gasteiger partial charge in [0.1, 0.15) is 5.57 Å². The summed E-state index contributed by atoms with van der Waals surface area (Å²) in [5.41, 5.74) is -0.0314. The van der Waals surface area contributed by atoms with Crippen LogP contribution in [0, 0.1) is 0 Å². The Morgan fingerprint density at radius 1 is 1.00 bits per heavy atom. The lowest BCUT2D eigenvalue weighted by Crippen LogP contribution is -2.54. The van der Waals surface area contributed by atoms with Crippen molar-refractivity contribution in [3.63, 3.8) is 0 Å². The molecule has 0 saturated carbocycles. The number of carbonyl (C=O) groups excluding carboxylic acids is 3. The number of alkyl halides is 3. The number of nitrogens with zero attached hydrogens (tertiary/aromatic N) is 1. The summed E-state index contributed by atoms with van der Waals surface area (Å²) in [5.74, 6) is -1.60. The molecule has 1 aliphatic heterocycles. The smallest absolute Gasteiger partial charge is 0.273 e. The minimum Gasteiger partial charge on any atom is -0.273 e. The number of carbonyl (C=O) groups is 3. The van der Waals surface area contributed by atoms with Crippen molar-refractivity contribution in [2.75, 3.05) is 4.90 Å². The molecule has 0 atom stereocenters. The molecule has 1 aliphatic rings. The maximum absolute atomic E-state index is 13.0. The standard InChI is InChI=1S/C21H17F3N2O3/c1-12(2)14-8-6-13(7-9-14)10-17-18(27)25-20(29)26(19(17)28)16-5-3-4-15(11-16)21(22,23)24/h3-12H,1-2H3,(H,25,27,29)/b17-10+. The Labute approximate surface area is 164 Å². The molecule has 0 spiro atoms. The van der Waals surface area contributed by atoms with Crippen LogP contribution in [0.25, 0.3) is 6.08 Å². The van der Waals surface area contributed by atoms with Gasteiger partial charge in [-0.3, -0.25) is 14.9 Å². The van der Waals surface area contributed by atoms with E-state index in [1.807, 2.05) is 31.3 Å². The van der Waals surface area contributed by atoms with Crippen molar-refractivity contribution in [2.24, 2.45) is 0 Å². The topological polar surface area (TPSA) is 66.5 Å². The van der Waals surface area contributed by atoms with E-state index in [0.717, 1.165) is 17.7 Å². The first-order valence-electron chi connectivity index (χ1n) is 8.76. The van der Waals surface area contributed by atoms with Crippen molar-refractivity contribution in [1.82, 2.24) is 5.32 Å². The number of hydrogen-bond donors (Lipinski definition) is 1. The van der Waals surface area contributed by atoms with Crippen LogP contribution in [0.1, 0.15) is 36.5 Å². The largest absolute Gasteiger partial charge is 0.416 e. The Morgan fingerprint density at radius 3 is 2.24 bits per heavy atom. The van der Waals surface area contributed by atoms with E-state index in [1.54, 1.807) is 12.1 Å². The molecule has 0 radical (unpaired) electrons. The Kier molecular flexibility index (Phi) is 5.28. The molecule has 0 aliphatic carbocycles. The van der Waals surface area contributed by atoms with Gasteiger partial charge in [-0.25, -0.2) is 9.69 Å². The second-order valence-corrected chi connectivity index (χ2v) is 6.83. The molecule has 0 unspecified atom stereocenters. The van der Waals surface area contributed by atoms with Crippen molar-refractivity contribution in [3.05, 3.63) is 70.8 Å².